The van der Waals surface area contributed by atoms with Gasteiger partial charge in [0.25, 0.3) is 0 Å². The number of aliphatic hydroxyl groups is 4. The zero-order chi connectivity index (χ0) is 35.3. The fourth-order valence-corrected chi connectivity index (χ4v) is 7.09. The Balaban J connectivity index is 2.01. The van der Waals surface area contributed by atoms with Gasteiger partial charge in [-0.15, -0.1) is 0 Å². The van der Waals surface area contributed by atoms with E-state index in [1.165, 1.54) is 6.92 Å². The fourth-order valence-electron chi connectivity index (χ4n) is 7.09. The van der Waals surface area contributed by atoms with E-state index < -0.39 is 71.9 Å². The Hall–Kier alpha value is -2.03. The van der Waals surface area contributed by atoms with Gasteiger partial charge in [0.15, 0.2) is 12.4 Å². The monoisotopic (exact) mass is 668 g/mol. The third-order valence-electron chi connectivity index (χ3n) is 10.0. The van der Waals surface area contributed by atoms with Crippen LogP contribution in [0.15, 0.2) is 24.3 Å². The molecule has 12 heteroatoms. The van der Waals surface area contributed by atoms with Gasteiger partial charge in [0.1, 0.15) is 29.3 Å². The number of aliphatic hydroxyl groups excluding tert-OH is 2. The molecule has 1 aromatic carbocycles. The predicted molar refractivity (Wildman–Crippen MR) is 177 cm³/mol. The van der Waals surface area contributed by atoms with Gasteiger partial charge in [0.05, 0.1) is 43.0 Å². The number of hydrogen-bond acceptors (Lipinski definition) is 12. The summed E-state index contributed by atoms with van der Waals surface area (Å²) in [6, 6.07) is 6.47. The molecule has 0 bridgehead atoms. The Kier molecular flexibility index (Phi) is 13.9. The summed E-state index contributed by atoms with van der Waals surface area (Å²) in [6.45, 7) is 14.2. The van der Waals surface area contributed by atoms with Crippen LogP contribution in [0.1, 0.15) is 74.7 Å². The summed E-state index contributed by atoms with van der Waals surface area (Å²) >= 11 is 0. The number of likely N-dealkylation sites (N-methyl/N-ethyl adjacent to an activating group) is 1. The van der Waals surface area contributed by atoms with E-state index >= 15 is 0 Å². The lowest BCUT2D eigenvalue weighted by molar-refractivity contribution is -0.290. The number of hydrogen-bond donors (Lipinski definition) is 6. The first-order chi connectivity index (χ1) is 22.0. The van der Waals surface area contributed by atoms with Gasteiger partial charge in [-0.1, -0.05) is 20.8 Å². The molecule has 2 aliphatic heterocycles. The van der Waals surface area contributed by atoms with Crippen molar-refractivity contribution in [2.75, 3.05) is 20.7 Å². The van der Waals surface area contributed by atoms with Crippen molar-refractivity contribution in [1.82, 2.24) is 10.6 Å². The fraction of sp³-hybridized carbons (Fsp3) is 0.800. The first kappa shape index (κ1) is 39.4. The number of rotatable bonds is 7. The van der Waals surface area contributed by atoms with Crippen LogP contribution < -0.4 is 20.1 Å². The molecule has 2 saturated heterocycles. The Morgan fingerprint density at radius 2 is 1.66 bits per heavy atom. The summed E-state index contributed by atoms with van der Waals surface area (Å²) in [7, 11) is 3.44. The van der Waals surface area contributed by atoms with Crippen LogP contribution in [0.25, 0.3) is 0 Å². The van der Waals surface area contributed by atoms with Gasteiger partial charge in [0, 0.05) is 12.0 Å². The lowest BCUT2D eigenvalue weighted by Gasteiger charge is -2.46. The highest BCUT2D eigenvalue weighted by Gasteiger charge is 2.49. The molecule has 47 heavy (non-hydrogen) atoms. The number of methoxy groups -OCH3 is 1. The molecule has 2 heterocycles. The van der Waals surface area contributed by atoms with Crippen molar-refractivity contribution in [3.8, 4) is 11.5 Å². The van der Waals surface area contributed by atoms with Gasteiger partial charge in [-0.2, -0.15) is 0 Å². The maximum Gasteiger partial charge on any atom is 0.311 e. The van der Waals surface area contributed by atoms with Crippen LogP contribution in [0.3, 0.4) is 0 Å². The lowest BCUT2D eigenvalue weighted by atomic mass is 9.78. The SMILES string of the molecule is CCC1OC(=O)C(C)C(O)C(C)C(O[C@@H]2O[C@H](C)C[C@H](NC)[C@H]2Oc2ccc(OC)cc2)C(C)(O)CC(C)CNC(C)C(O)C1(C)O. The van der Waals surface area contributed by atoms with E-state index in [0.29, 0.717) is 24.5 Å². The van der Waals surface area contributed by atoms with Crippen molar-refractivity contribution in [3.05, 3.63) is 24.3 Å². The van der Waals surface area contributed by atoms with E-state index in [0.717, 1.165) is 0 Å². The third-order valence-corrected chi connectivity index (χ3v) is 10.0. The van der Waals surface area contributed by atoms with Crippen molar-refractivity contribution >= 4 is 5.97 Å². The van der Waals surface area contributed by atoms with Crippen LogP contribution in [-0.2, 0) is 19.0 Å². The van der Waals surface area contributed by atoms with E-state index in [1.54, 1.807) is 66.0 Å². The van der Waals surface area contributed by atoms with E-state index in [1.807, 2.05) is 20.9 Å². The topological polar surface area (TPSA) is 168 Å². The maximum absolute atomic E-state index is 13.4. The highest BCUT2D eigenvalue weighted by atomic mass is 16.7. The summed E-state index contributed by atoms with van der Waals surface area (Å²) in [6.07, 6.45) is -5.23. The van der Waals surface area contributed by atoms with Crippen molar-refractivity contribution in [1.29, 1.82) is 0 Å². The van der Waals surface area contributed by atoms with Crippen LogP contribution in [0.4, 0.5) is 0 Å². The molecular weight excluding hydrogens is 608 g/mol. The minimum absolute atomic E-state index is 0.120. The number of esters is 1. The molecule has 0 aromatic heterocycles. The number of carbonyl (C=O) groups is 1. The molecule has 10 unspecified atom stereocenters. The Morgan fingerprint density at radius 3 is 2.23 bits per heavy atom. The Labute approximate surface area is 280 Å². The highest BCUT2D eigenvalue weighted by molar-refractivity contribution is 5.73. The smallest absolute Gasteiger partial charge is 0.311 e. The maximum atomic E-state index is 13.4. The molecule has 6 N–H and O–H groups in total. The Bertz CT molecular complexity index is 1120. The first-order valence-electron chi connectivity index (χ1n) is 17.0. The second kappa shape index (κ2) is 16.6. The molecule has 0 amide bonds. The van der Waals surface area contributed by atoms with Gasteiger partial charge in [0.2, 0.25) is 0 Å². The number of carbonyl (C=O) groups excluding carboxylic acids is 1. The zero-order valence-corrected chi connectivity index (χ0v) is 29.8. The molecule has 0 spiro atoms. The molecule has 3 rings (SSSR count). The third kappa shape index (κ3) is 9.57. The summed E-state index contributed by atoms with van der Waals surface area (Å²) in [5.41, 5.74) is -3.26. The summed E-state index contributed by atoms with van der Waals surface area (Å²) in [4.78, 5) is 13.4. The number of nitrogens with one attached hydrogen (secondary N) is 2. The molecule has 0 aliphatic carbocycles. The van der Waals surface area contributed by atoms with Crippen LogP contribution in [0.2, 0.25) is 0 Å². The van der Waals surface area contributed by atoms with Crippen molar-refractivity contribution in [2.45, 2.75) is 141 Å². The summed E-state index contributed by atoms with van der Waals surface area (Å²) in [5, 5.41) is 52.8. The molecule has 1 aromatic rings. The van der Waals surface area contributed by atoms with Gasteiger partial charge in [-0.05, 0) is 97.7 Å². The van der Waals surface area contributed by atoms with Crippen LogP contribution in [0, 0.1) is 17.8 Å². The lowest BCUT2D eigenvalue weighted by Crippen LogP contribution is -2.60. The second-order valence-electron chi connectivity index (χ2n) is 14.3. The van der Waals surface area contributed by atoms with Gasteiger partial charge >= 0.3 is 5.97 Å². The van der Waals surface area contributed by atoms with Gasteiger partial charge in [-0.3, -0.25) is 4.79 Å². The molecular formula is C35H60N2O10. The normalized spacial score (nSPS) is 42.9. The van der Waals surface area contributed by atoms with E-state index in [-0.39, 0.29) is 30.9 Å². The minimum Gasteiger partial charge on any atom is -0.497 e. The molecule has 0 radical (unpaired) electrons. The van der Waals surface area contributed by atoms with Crippen LogP contribution in [-0.4, -0.2) is 113 Å². The average molecular weight is 669 g/mol. The van der Waals surface area contributed by atoms with Crippen molar-refractivity contribution in [3.63, 3.8) is 0 Å². The zero-order valence-electron chi connectivity index (χ0n) is 29.8. The largest absolute Gasteiger partial charge is 0.497 e. The first-order valence-corrected chi connectivity index (χ1v) is 17.0. The van der Waals surface area contributed by atoms with E-state index in [2.05, 4.69) is 10.6 Å². The van der Waals surface area contributed by atoms with Crippen LogP contribution >= 0.6 is 0 Å². The quantitative estimate of drug-likeness (QED) is 0.235. The van der Waals surface area contributed by atoms with Gasteiger partial charge < -0.3 is 54.7 Å². The van der Waals surface area contributed by atoms with E-state index in [4.69, 9.17) is 23.7 Å². The Morgan fingerprint density at radius 1 is 1.04 bits per heavy atom. The van der Waals surface area contributed by atoms with Gasteiger partial charge in [-0.25, -0.2) is 0 Å². The number of cyclic esters (lactones) is 1. The predicted octanol–water partition coefficient (Wildman–Crippen LogP) is 2.39. The molecule has 270 valence electrons. The molecule has 2 aliphatic rings. The highest BCUT2D eigenvalue weighted by Crippen LogP contribution is 2.36. The average Bonchev–Trinajstić information content (AvgIpc) is 3.03. The molecule has 0 saturated carbocycles. The molecule has 12 nitrogen and oxygen atoms in total. The minimum atomic E-state index is -1.76. The van der Waals surface area contributed by atoms with Crippen molar-refractivity contribution in [2.24, 2.45) is 17.8 Å². The number of ether oxygens (including phenoxy) is 5. The summed E-state index contributed by atoms with van der Waals surface area (Å²) < 4.78 is 30.5. The van der Waals surface area contributed by atoms with Crippen LogP contribution in [0.5, 0.6) is 11.5 Å². The standard InChI is InChI=1S/C35H60N2O10/c1-11-27-35(8,42)30(39)23(6)37-18-19(2)17-34(7,41)31(21(4)28(38)22(5)32(40)46-27)47-33-29(26(36-9)16-20(3)44-33)45-25-14-12-24(43-10)13-15-25/h12-15,19-23,26-31,33,36-39,41-42H,11,16-18H2,1-10H3/t19?,20-,21?,22?,23?,26+,27?,28?,29-,30?,31?,33+,34?,35?/m1/s1. The number of benzene rings is 1. The second-order valence-corrected chi connectivity index (χ2v) is 14.3. The van der Waals surface area contributed by atoms with Crippen molar-refractivity contribution < 1.29 is 48.9 Å². The summed E-state index contributed by atoms with van der Waals surface area (Å²) in [5.74, 6) is -1.41. The molecule has 14 atom stereocenters. The molecule has 2 fully saturated rings. The van der Waals surface area contributed by atoms with E-state index in [9.17, 15) is 25.2 Å².